The molecule has 0 saturated carbocycles. The van der Waals surface area contributed by atoms with E-state index in [9.17, 15) is 9.59 Å². The minimum atomic E-state index is -0.227. The summed E-state index contributed by atoms with van der Waals surface area (Å²) in [5.74, 6) is -0.296. The van der Waals surface area contributed by atoms with Crippen LogP contribution in [0.4, 0.5) is 0 Å². The Balaban J connectivity index is 1.92. The van der Waals surface area contributed by atoms with Crippen LogP contribution in [0.25, 0.3) is 0 Å². The highest BCUT2D eigenvalue weighted by atomic mass is 16.2. The van der Waals surface area contributed by atoms with Crippen molar-refractivity contribution in [1.82, 2.24) is 10.2 Å². The third kappa shape index (κ3) is 5.25. The van der Waals surface area contributed by atoms with Crippen molar-refractivity contribution in [1.29, 1.82) is 0 Å². The van der Waals surface area contributed by atoms with E-state index >= 15 is 0 Å². The lowest BCUT2D eigenvalue weighted by atomic mass is 10.2. The molecule has 0 unspecified atom stereocenters. The van der Waals surface area contributed by atoms with Gasteiger partial charge in [-0.25, -0.2) is 0 Å². The van der Waals surface area contributed by atoms with Gasteiger partial charge in [0.2, 0.25) is 5.91 Å². The van der Waals surface area contributed by atoms with Crippen LogP contribution < -0.4 is 5.32 Å². The standard InChI is InChI=1S/C19H22N2O2/c1-2-13-21(15-16-9-5-3-6-10-16)18(22)14-20-19(23)17-11-7-4-8-12-17/h3-12H,2,13-15H2,1H3,(H,20,23). The minimum absolute atomic E-state index is 0.0144. The summed E-state index contributed by atoms with van der Waals surface area (Å²) >= 11 is 0. The van der Waals surface area contributed by atoms with E-state index in [2.05, 4.69) is 5.32 Å². The van der Waals surface area contributed by atoms with Crippen molar-refractivity contribution < 1.29 is 9.59 Å². The average Bonchev–Trinajstić information content (AvgIpc) is 2.60. The molecule has 0 aliphatic rings. The topological polar surface area (TPSA) is 49.4 Å². The molecule has 0 aliphatic heterocycles. The first-order valence-corrected chi connectivity index (χ1v) is 7.85. The average molecular weight is 310 g/mol. The van der Waals surface area contributed by atoms with Gasteiger partial charge in [0.1, 0.15) is 0 Å². The molecule has 4 nitrogen and oxygen atoms in total. The summed E-state index contributed by atoms with van der Waals surface area (Å²) in [6, 6.07) is 18.8. The van der Waals surface area contributed by atoms with Crippen molar-refractivity contribution in [2.45, 2.75) is 19.9 Å². The van der Waals surface area contributed by atoms with Crippen LogP contribution in [0.15, 0.2) is 60.7 Å². The number of carbonyl (C=O) groups is 2. The van der Waals surface area contributed by atoms with Gasteiger partial charge in [-0.2, -0.15) is 0 Å². The summed E-state index contributed by atoms with van der Waals surface area (Å²) in [6.45, 7) is 3.29. The normalized spacial score (nSPS) is 10.1. The van der Waals surface area contributed by atoms with Crippen molar-refractivity contribution in [2.24, 2.45) is 0 Å². The molecule has 1 N–H and O–H groups in total. The molecule has 0 bridgehead atoms. The Morgan fingerprint density at radius 2 is 1.57 bits per heavy atom. The number of nitrogens with one attached hydrogen (secondary N) is 1. The van der Waals surface area contributed by atoms with E-state index in [0.717, 1.165) is 12.0 Å². The highest BCUT2D eigenvalue weighted by molar-refractivity contribution is 5.96. The number of hydrogen-bond donors (Lipinski definition) is 1. The molecular formula is C19H22N2O2. The van der Waals surface area contributed by atoms with Gasteiger partial charge in [0.25, 0.3) is 5.91 Å². The lowest BCUT2D eigenvalue weighted by Gasteiger charge is -2.22. The fourth-order valence-corrected chi connectivity index (χ4v) is 2.32. The van der Waals surface area contributed by atoms with Gasteiger partial charge in [-0.1, -0.05) is 55.5 Å². The lowest BCUT2D eigenvalue weighted by molar-refractivity contribution is -0.130. The lowest BCUT2D eigenvalue weighted by Crippen LogP contribution is -2.40. The second-order valence-corrected chi connectivity index (χ2v) is 5.35. The molecule has 120 valence electrons. The smallest absolute Gasteiger partial charge is 0.251 e. The van der Waals surface area contributed by atoms with E-state index in [1.165, 1.54) is 0 Å². The van der Waals surface area contributed by atoms with Crippen molar-refractivity contribution in [3.63, 3.8) is 0 Å². The zero-order chi connectivity index (χ0) is 16.5. The maximum absolute atomic E-state index is 12.4. The van der Waals surface area contributed by atoms with Crippen molar-refractivity contribution >= 4 is 11.8 Å². The molecule has 0 spiro atoms. The van der Waals surface area contributed by atoms with Gasteiger partial charge < -0.3 is 10.2 Å². The number of carbonyl (C=O) groups excluding carboxylic acids is 2. The number of rotatable bonds is 7. The molecule has 23 heavy (non-hydrogen) atoms. The van der Waals surface area contributed by atoms with Gasteiger partial charge in [-0.05, 0) is 24.1 Å². The highest BCUT2D eigenvalue weighted by Gasteiger charge is 2.14. The van der Waals surface area contributed by atoms with Crippen LogP contribution in [-0.2, 0) is 11.3 Å². The molecule has 4 heteroatoms. The van der Waals surface area contributed by atoms with Crippen LogP contribution >= 0.6 is 0 Å². The van der Waals surface area contributed by atoms with Gasteiger partial charge >= 0.3 is 0 Å². The van der Waals surface area contributed by atoms with Crippen LogP contribution in [0.2, 0.25) is 0 Å². The second kappa shape index (κ2) is 8.73. The van der Waals surface area contributed by atoms with Gasteiger partial charge in [0, 0.05) is 18.7 Å². The predicted octanol–water partition coefficient (Wildman–Crippen LogP) is 2.86. The number of nitrogens with zero attached hydrogens (tertiary/aromatic N) is 1. The van der Waals surface area contributed by atoms with Crippen LogP contribution in [0.5, 0.6) is 0 Å². The Morgan fingerprint density at radius 1 is 0.957 bits per heavy atom. The molecule has 0 aliphatic carbocycles. The molecule has 0 fully saturated rings. The fourth-order valence-electron chi connectivity index (χ4n) is 2.32. The summed E-state index contributed by atoms with van der Waals surface area (Å²) in [4.78, 5) is 26.2. The summed E-state index contributed by atoms with van der Waals surface area (Å²) in [7, 11) is 0. The maximum Gasteiger partial charge on any atom is 0.251 e. The quantitative estimate of drug-likeness (QED) is 0.855. The molecule has 0 radical (unpaired) electrons. The van der Waals surface area contributed by atoms with Crippen molar-refractivity contribution in [3.8, 4) is 0 Å². The number of amides is 2. The zero-order valence-electron chi connectivity index (χ0n) is 13.4. The summed E-state index contributed by atoms with van der Waals surface area (Å²) in [5.41, 5.74) is 1.65. The summed E-state index contributed by atoms with van der Waals surface area (Å²) in [6.07, 6.45) is 0.880. The van der Waals surface area contributed by atoms with Crippen LogP contribution in [0.3, 0.4) is 0 Å². The van der Waals surface area contributed by atoms with E-state index < -0.39 is 0 Å². The van der Waals surface area contributed by atoms with Gasteiger partial charge in [0.05, 0.1) is 6.54 Å². The maximum atomic E-state index is 12.4. The van der Waals surface area contributed by atoms with Crippen molar-refractivity contribution in [3.05, 3.63) is 71.8 Å². The largest absolute Gasteiger partial charge is 0.343 e. The Hall–Kier alpha value is -2.62. The molecule has 2 aromatic carbocycles. The fraction of sp³-hybridized carbons (Fsp3) is 0.263. The first-order valence-electron chi connectivity index (χ1n) is 7.85. The molecule has 2 amide bonds. The van der Waals surface area contributed by atoms with Crippen LogP contribution in [0.1, 0.15) is 29.3 Å². The molecule has 0 aromatic heterocycles. The third-order valence-electron chi connectivity index (χ3n) is 3.50. The van der Waals surface area contributed by atoms with Gasteiger partial charge in [-0.15, -0.1) is 0 Å². The first-order chi connectivity index (χ1) is 11.2. The monoisotopic (exact) mass is 310 g/mol. The summed E-state index contributed by atoms with van der Waals surface area (Å²) in [5, 5.41) is 2.69. The molecule has 0 heterocycles. The van der Waals surface area contributed by atoms with E-state index in [-0.39, 0.29) is 18.4 Å². The number of hydrogen-bond acceptors (Lipinski definition) is 2. The molecular weight excluding hydrogens is 288 g/mol. The Kier molecular flexibility index (Phi) is 6.36. The number of benzene rings is 2. The predicted molar refractivity (Wildman–Crippen MR) is 90.9 cm³/mol. The highest BCUT2D eigenvalue weighted by Crippen LogP contribution is 2.05. The Bertz CT molecular complexity index is 626. The molecule has 2 rings (SSSR count). The first kappa shape index (κ1) is 16.7. The van der Waals surface area contributed by atoms with E-state index in [4.69, 9.17) is 0 Å². The third-order valence-corrected chi connectivity index (χ3v) is 3.50. The van der Waals surface area contributed by atoms with E-state index in [1.807, 2.05) is 43.3 Å². The van der Waals surface area contributed by atoms with E-state index in [1.54, 1.807) is 29.2 Å². The van der Waals surface area contributed by atoms with Crippen molar-refractivity contribution in [2.75, 3.05) is 13.1 Å². The van der Waals surface area contributed by atoms with Crippen LogP contribution in [-0.4, -0.2) is 29.8 Å². The van der Waals surface area contributed by atoms with Gasteiger partial charge in [0.15, 0.2) is 0 Å². The van der Waals surface area contributed by atoms with Crippen LogP contribution in [0, 0.1) is 0 Å². The van der Waals surface area contributed by atoms with E-state index in [0.29, 0.717) is 18.7 Å². The summed E-state index contributed by atoms with van der Waals surface area (Å²) < 4.78 is 0. The SMILES string of the molecule is CCCN(Cc1ccccc1)C(=O)CNC(=O)c1ccccc1. The minimum Gasteiger partial charge on any atom is -0.343 e. The second-order valence-electron chi connectivity index (χ2n) is 5.35. The molecule has 0 atom stereocenters. The zero-order valence-corrected chi connectivity index (χ0v) is 13.4. The Morgan fingerprint density at radius 3 is 2.17 bits per heavy atom. The molecule has 2 aromatic rings. The van der Waals surface area contributed by atoms with Gasteiger partial charge in [-0.3, -0.25) is 9.59 Å². The Labute approximate surface area is 137 Å². The molecule has 0 saturated heterocycles.